The number of nitrogens with one attached hydrogen (secondary N) is 1. The van der Waals surface area contributed by atoms with Gasteiger partial charge < -0.3 is 20.5 Å². The van der Waals surface area contributed by atoms with Crippen molar-refractivity contribution in [3.05, 3.63) is 59.2 Å². The summed E-state index contributed by atoms with van der Waals surface area (Å²) in [6.45, 7) is 5.02. The van der Waals surface area contributed by atoms with Gasteiger partial charge in [-0.1, -0.05) is 6.07 Å². The molecule has 2 aromatic rings. The van der Waals surface area contributed by atoms with Crippen molar-refractivity contribution in [2.75, 3.05) is 11.9 Å². The summed E-state index contributed by atoms with van der Waals surface area (Å²) in [7, 11) is 0. The van der Waals surface area contributed by atoms with Crippen molar-refractivity contribution in [3.63, 3.8) is 0 Å². The van der Waals surface area contributed by atoms with Gasteiger partial charge in [-0.05, 0) is 68.3 Å². The van der Waals surface area contributed by atoms with Crippen molar-refractivity contribution in [2.45, 2.75) is 26.9 Å². The molecule has 7 nitrogen and oxygen atoms in total. The van der Waals surface area contributed by atoms with Crippen LogP contribution in [0.4, 0.5) is 5.69 Å². The van der Waals surface area contributed by atoms with Gasteiger partial charge >= 0.3 is 5.97 Å². The zero-order valence-corrected chi connectivity index (χ0v) is 15.4. The average Bonchev–Trinajstić information content (AvgIpc) is 2.59. The molecule has 27 heavy (non-hydrogen) atoms. The fourth-order valence-corrected chi connectivity index (χ4v) is 2.40. The molecule has 0 heterocycles. The normalized spacial score (nSPS) is 11.4. The van der Waals surface area contributed by atoms with Gasteiger partial charge in [0.05, 0.1) is 0 Å². The highest BCUT2D eigenvalue weighted by Crippen LogP contribution is 2.16. The highest BCUT2D eigenvalue weighted by molar-refractivity contribution is 5.96. The Morgan fingerprint density at radius 1 is 1.04 bits per heavy atom. The predicted octanol–water partition coefficient (Wildman–Crippen LogP) is 2.35. The number of rotatable bonds is 7. The Bertz CT molecular complexity index is 826. The minimum atomic E-state index is -1.00. The van der Waals surface area contributed by atoms with E-state index in [0.29, 0.717) is 17.0 Å². The van der Waals surface area contributed by atoms with E-state index < -0.39 is 23.9 Å². The van der Waals surface area contributed by atoms with E-state index in [1.807, 2.05) is 32.0 Å². The molecule has 0 saturated carbocycles. The number of hydrogen-bond donors (Lipinski definition) is 2. The van der Waals surface area contributed by atoms with Crippen molar-refractivity contribution < 1.29 is 23.9 Å². The minimum Gasteiger partial charge on any atom is -0.482 e. The van der Waals surface area contributed by atoms with Crippen LogP contribution < -0.4 is 15.8 Å². The molecule has 0 aliphatic rings. The van der Waals surface area contributed by atoms with Crippen LogP contribution in [0.1, 0.15) is 28.4 Å². The third kappa shape index (κ3) is 6.14. The quantitative estimate of drug-likeness (QED) is 0.728. The number of carbonyl (C=O) groups is 3. The second-order valence-electron chi connectivity index (χ2n) is 6.18. The molecule has 2 aromatic carbocycles. The molecule has 7 heteroatoms. The first-order valence-electron chi connectivity index (χ1n) is 8.36. The molecule has 3 N–H and O–H groups in total. The Hall–Kier alpha value is -3.35. The Balaban J connectivity index is 1.84. The fourth-order valence-electron chi connectivity index (χ4n) is 2.40. The van der Waals surface area contributed by atoms with Gasteiger partial charge in [0.1, 0.15) is 5.75 Å². The number of primary amides is 1. The predicted molar refractivity (Wildman–Crippen MR) is 101 cm³/mol. The van der Waals surface area contributed by atoms with Gasteiger partial charge in [-0.2, -0.15) is 0 Å². The lowest BCUT2D eigenvalue weighted by Gasteiger charge is -2.14. The van der Waals surface area contributed by atoms with Gasteiger partial charge in [0.25, 0.3) is 5.91 Å². The van der Waals surface area contributed by atoms with E-state index >= 15 is 0 Å². The molecule has 1 atom stereocenters. The maximum Gasteiger partial charge on any atom is 0.344 e. The number of hydrogen-bond acceptors (Lipinski definition) is 5. The van der Waals surface area contributed by atoms with E-state index in [-0.39, 0.29) is 6.61 Å². The molecule has 0 aromatic heterocycles. The number of esters is 1. The summed E-state index contributed by atoms with van der Waals surface area (Å²) >= 11 is 0. The molecule has 0 radical (unpaired) electrons. The van der Waals surface area contributed by atoms with E-state index in [1.54, 1.807) is 0 Å². The zero-order chi connectivity index (χ0) is 20.0. The Kier molecular flexibility index (Phi) is 6.54. The van der Waals surface area contributed by atoms with Crippen LogP contribution >= 0.6 is 0 Å². The molecule has 0 bridgehead atoms. The van der Waals surface area contributed by atoms with Gasteiger partial charge in [0.2, 0.25) is 5.91 Å². The zero-order valence-electron chi connectivity index (χ0n) is 15.4. The molecule has 0 fully saturated rings. The second kappa shape index (κ2) is 8.84. The summed E-state index contributed by atoms with van der Waals surface area (Å²) in [6.07, 6.45) is -1.00. The highest BCUT2D eigenvalue weighted by atomic mass is 16.6. The monoisotopic (exact) mass is 370 g/mol. The molecule has 0 unspecified atom stereocenters. The SMILES string of the molecule is Cc1cc(C)cc(OCC(=O)O[C@@H](C)C(=O)Nc2ccc(C(N)=O)cc2)c1. The number of amides is 2. The second-order valence-corrected chi connectivity index (χ2v) is 6.18. The molecule has 0 aliphatic carbocycles. The van der Waals surface area contributed by atoms with Gasteiger partial charge in [0.15, 0.2) is 12.7 Å². The van der Waals surface area contributed by atoms with Gasteiger partial charge in [-0.15, -0.1) is 0 Å². The van der Waals surface area contributed by atoms with Gasteiger partial charge in [0, 0.05) is 11.3 Å². The van der Waals surface area contributed by atoms with Crippen LogP contribution in [0.3, 0.4) is 0 Å². The lowest BCUT2D eigenvalue weighted by atomic mass is 10.1. The van der Waals surface area contributed by atoms with E-state index in [1.165, 1.54) is 31.2 Å². The third-order valence-electron chi connectivity index (χ3n) is 3.67. The Labute approximate surface area is 157 Å². The first kappa shape index (κ1) is 20.0. The molecule has 0 spiro atoms. The number of carbonyl (C=O) groups excluding carboxylic acids is 3. The summed E-state index contributed by atoms with van der Waals surface area (Å²) in [5.41, 5.74) is 7.99. The summed E-state index contributed by atoms with van der Waals surface area (Å²) in [4.78, 5) is 35.0. The Morgan fingerprint density at radius 3 is 2.19 bits per heavy atom. The topological polar surface area (TPSA) is 108 Å². The van der Waals surface area contributed by atoms with Crippen LogP contribution in [0.25, 0.3) is 0 Å². The number of aryl methyl sites for hydroxylation is 2. The lowest BCUT2D eigenvalue weighted by molar-refractivity contribution is -0.155. The van der Waals surface area contributed by atoms with Gasteiger partial charge in [-0.25, -0.2) is 4.79 Å². The van der Waals surface area contributed by atoms with Crippen molar-refractivity contribution in [2.24, 2.45) is 5.73 Å². The Morgan fingerprint density at radius 2 is 1.63 bits per heavy atom. The summed E-state index contributed by atoms with van der Waals surface area (Å²) in [6, 6.07) is 11.7. The molecule has 142 valence electrons. The standard InChI is InChI=1S/C20H22N2O5/c1-12-8-13(2)10-17(9-12)26-11-18(23)27-14(3)20(25)22-16-6-4-15(5-7-16)19(21)24/h4-10,14H,11H2,1-3H3,(H2,21,24)(H,22,25)/t14-/m0/s1. The van der Waals surface area contributed by atoms with E-state index in [2.05, 4.69) is 5.32 Å². The van der Waals surface area contributed by atoms with E-state index in [9.17, 15) is 14.4 Å². The van der Waals surface area contributed by atoms with Crippen LogP contribution in [0.5, 0.6) is 5.75 Å². The lowest BCUT2D eigenvalue weighted by Crippen LogP contribution is -2.31. The number of benzene rings is 2. The summed E-state index contributed by atoms with van der Waals surface area (Å²) < 4.78 is 10.5. The van der Waals surface area contributed by atoms with Crippen LogP contribution in [0.2, 0.25) is 0 Å². The number of anilines is 1. The van der Waals surface area contributed by atoms with Crippen LogP contribution in [-0.2, 0) is 14.3 Å². The molecular weight excluding hydrogens is 348 g/mol. The first-order valence-corrected chi connectivity index (χ1v) is 8.36. The first-order chi connectivity index (χ1) is 12.7. The maximum absolute atomic E-state index is 12.1. The number of ether oxygens (including phenoxy) is 2. The molecular formula is C20H22N2O5. The largest absolute Gasteiger partial charge is 0.482 e. The summed E-state index contributed by atoms with van der Waals surface area (Å²) in [5, 5.41) is 2.59. The highest BCUT2D eigenvalue weighted by Gasteiger charge is 2.18. The van der Waals surface area contributed by atoms with Crippen molar-refractivity contribution in [1.82, 2.24) is 0 Å². The van der Waals surface area contributed by atoms with Crippen LogP contribution in [-0.4, -0.2) is 30.5 Å². The third-order valence-corrected chi connectivity index (χ3v) is 3.67. The van der Waals surface area contributed by atoms with Crippen molar-refractivity contribution >= 4 is 23.5 Å². The van der Waals surface area contributed by atoms with Crippen LogP contribution in [0.15, 0.2) is 42.5 Å². The van der Waals surface area contributed by atoms with E-state index in [4.69, 9.17) is 15.2 Å². The minimum absolute atomic E-state index is 0.298. The fraction of sp³-hybridized carbons (Fsp3) is 0.250. The van der Waals surface area contributed by atoms with Gasteiger partial charge in [-0.3, -0.25) is 9.59 Å². The summed E-state index contributed by atoms with van der Waals surface area (Å²) in [5.74, 6) is -1.14. The molecule has 2 amide bonds. The molecule has 0 saturated heterocycles. The molecule has 2 rings (SSSR count). The van der Waals surface area contributed by atoms with Crippen molar-refractivity contribution in [1.29, 1.82) is 0 Å². The average molecular weight is 370 g/mol. The van der Waals surface area contributed by atoms with Crippen molar-refractivity contribution in [3.8, 4) is 5.75 Å². The van der Waals surface area contributed by atoms with E-state index in [0.717, 1.165) is 11.1 Å². The smallest absolute Gasteiger partial charge is 0.344 e. The molecule has 0 aliphatic heterocycles. The maximum atomic E-state index is 12.1. The number of nitrogens with two attached hydrogens (primary N) is 1. The van der Waals surface area contributed by atoms with Crippen LogP contribution in [0, 0.1) is 13.8 Å².